The van der Waals surface area contributed by atoms with Crippen molar-refractivity contribution in [1.29, 1.82) is 0 Å². The van der Waals surface area contributed by atoms with E-state index in [1.54, 1.807) is 26.0 Å². The Kier molecular flexibility index (Phi) is 6.91. The van der Waals surface area contributed by atoms with E-state index in [1.165, 1.54) is 30.3 Å². The van der Waals surface area contributed by atoms with Crippen LogP contribution >= 0.6 is 0 Å². The van der Waals surface area contributed by atoms with E-state index in [-0.39, 0.29) is 29.4 Å². The number of hydrogen-bond donors (Lipinski definition) is 0. The minimum absolute atomic E-state index is 0.0463. The van der Waals surface area contributed by atoms with Crippen LogP contribution in [-0.2, 0) is 24.3 Å². The van der Waals surface area contributed by atoms with Gasteiger partial charge in [-0.2, -0.15) is 0 Å². The van der Waals surface area contributed by atoms with Crippen LogP contribution in [0.2, 0.25) is 0 Å². The van der Waals surface area contributed by atoms with Crippen LogP contribution in [-0.4, -0.2) is 40.1 Å². The first-order valence-corrected chi connectivity index (χ1v) is 11.2. The Morgan fingerprint density at radius 2 is 1.48 bits per heavy atom. The first-order chi connectivity index (χ1) is 14.9. The van der Waals surface area contributed by atoms with Gasteiger partial charge in [-0.05, 0) is 61.0 Å². The van der Waals surface area contributed by atoms with Crippen molar-refractivity contribution >= 4 is 38.4 Å². The second-order valence-electron chi connectivity index (χ2n) is 6.59. The van der Waals surface area contributed by atoms with Crippen LogP contribution in [0.4, 0.5) is 5.69 Å². The maximum absolute atomic E-state index is 13.5. The number of carbonyl (C=O) groups excluding carboxylic acids is 2. The molecule has 7 nitrogen and oxygen atoms in total. The van der Waals surface area contributed by atoms with Gasteiger partial charge in [-0.3, -0.25) is 9.10 Å². The Bertz CT molecular complexity index is 1190. The summed E-state index contributed by atoms with van der Waals surface area (Å²) in [7, 11) is -4.09. The highest BCUT2D eigenvalue weighted by Gasteiger charge is 2.28. The molecule has 0 radical (unpaired) electrons. The fourth-order valence-electron chi connectivity index (χ4n) is 3.07. The quantitative estimate of drug-likeness (QED) is 0.494. The molecular formula is C23H23NO6S. The SMILES string of the molecule is CCOC(=O)CN(c1ccc(C(=O)OCC)cc1)S(=O)(=O)c1ccc2ccccc2c1. The molecule has 0 saturated carbocycles. The van der Waals surface area contributed by atoms with Crippen molar-refractivity contribution in [1.82, 2.24) is 0 Å². The largest absolute Gasteiger partial charge is 0.465 e. The highest BCUT2D eigenvalue weighted by Crippen LogP contribution is 2.27. The number of esters is 2. The summed E-state index contributed by atoms with van der Waals surface area (Å²) in [6, 6.07) is 18.0. The minimum Gasteiger partial charge on any atom is -0.465 e. The zero-order valence-corrected chi connectivity index (χ0v) is 18.1. The first-order valence-electron chi connectivity index (χ1n) is 9.81. The molecule has 8 heteroatoms. The van der Waals surface area contributed by atoms with E-state index < -0.39 is 28.5 Å². The van der Waals surface area contributed by atoms with E-state index in [4.69, 9.17) is 9.47 Å². The number of fused-ring (bicyclic) bond motifs is 1. The number of rotatable bonds is 8. The predicted octanol–water partition coefficient (Wildman–Crippen LogP) is 3.77. The van der Waals surface area contributed by atoms with Gasteiger partial charge in [-0.25, -0.2) is 13.2 Å². The molecule has 3 aromatic rings. The fraction of sp³-hybridized carbons (Fsp3) is 0.217. The topological polar surface area (TPSA) is 90.0 Å². The van der Waals surface area contributed by atoms with E-state index in [2.05, 4.69) is 0 Å². The Morgan fingerprint density at radius 3 is 2.13 bits per heavy atom. The van der Waals surface area contributed by atoms with Crippen molar-refractivity contribution < 1.29 is 27.5 Å². The van der Waals surface area contributed by atoms with Crippen molar-refractivity contribution in [3.05, 3.63) is 72.3 Å². The molecule has 0 spiro atoms. The second-order valence-corrected chi connectivity index (χ2v) is 8.46. The van der Waals surface area contributed by atoms with Gasteiger partial charge in [0.25, 0.3) is 10.0 Å². The number of sulfonamides is 1. The normalized spacial score (nSPS) is 11.2. The maximum atomic E-state index is 13.5. The molecule has 0 bridgehead atoms. The van der Waals surface area contributed by atoms with Crippen LogP contribution in [0, 0.1) is 0 Å². The van der Waals surface area contributed by atoms with E-state index in [0.717, 1.165) is 15.1 Å². The van der Waals surface area contributed by atoms with Gasteiger partial charge < -0.3 is 9.47 Å². The van der Waals surface area contributed by atoms with Crippen LogP contribution in [0.1, 0.15) is 24.2 Å². The Labute approximate surface area is 181 Å². The van der Waals surface area contributed by atoms with Crippen LogP contribution in [0.3, 0.4) is 0 Å². The lowest BCUT2D eigenvalue weighted by atomic mass is 10.1. The van der Waals surface area contributed by atoms with E-state index in [9.17, 15) is 18.0 Å². The molecule has 0 aliphatic carbocycles. The molecule has 3 rings (SSSR count). The van der Waals surface area contributed by atoms with E-state index in [1.807, 2.05) is 24.3 Å². The summed E-state index contributed by atoms with van der Waals surface area (Å²) >= 11 is 0. The molecule has 162 valence electrons. The maximum Gasteiger partial charge on any atom is 0.338 e. The van der Waals surface area contributed by atoms with Crippen molar-refractivity contribution in [2.24, 2.45) is 0 Å². The molecule has 0 amide bonds. The van der Waals surface area contributed by atoms with Crippen LogP contribution in [0.25, 0.3) is 10.8 Å². The molecule has 0 aromatic heterocycles. The first kappa shape index (κ1) is 22.3. The molecule has 0 N–H and O–H groups in total. The zero-order valence-electron chi connectivity index (χ0n) is 17.3. The zero-order chi connectivity index (χ0) is 22.4. The van der Waals surface area contributed by atoms with Gasteiger partial charge in [-0.1, -0.05) is 30.3 Å². The molecule has 0 unspecified atom stereocenters. The minimum atomic E-state index is -4.09. The van der Waals surface area contributed by atoms with E-state index >= 15 is 0 Å². The van der Waals surface area contributed by atoms with Crippen molar-refractivity contribution in [3.63, 3.8) is 0 Å². The summed E-state index contributed by atoms with van der Waals surface area (Å²) in [4.78, 5) is 24.1. The lowest BCUT2D eigenvalue weighted by Crippen LogP contribution is -2.36. The predicted molar refractivity (Wildman–Crippen MR) is 118 cm³/mol. The molecule has 0 heterocycles. The van der Waals surface area contributed by atoms with Gasteiger partial charge in [0.1, 0.15) is 6.54 Å². The monoisotopic (exact) mass is 441 g/mol. The Morgan fingerprint density at radius 1 is 0.839 bits per heavy atom. The Balaban J connectivity index is 2.02. The standard InChI is InChI=1S/C23H23NO6S/c1-3-29-22(25)16-24(20-12-9-18(10-13-20)23(26)30-4-2)31(27,28)21-14-11-17-7-5-6-8-19(17)15-21/h5-15H,3-4,16H2,1-2H3. The highest BCUT2D eigenvalue weighted by atomic mass is 32.2. The number of benzene rings is 3. The number of nitrogens with zero attached hydrogens (tertiary/aromatic N) is 1. The van der Waals surface area contributed by atoms with Crippen LogP contribution < -0.4 is 4.31 Å². The highest BCUT2D eigenvalue weighted by molar-refractivity contribution is 7.92. The molecule has 3 aromatic carbocycles. The smallest absolute Gasteiger partial charge is 0.338 e. The number of anilines is 1. The van der Waals surface area contributed by atoms with Gasteiger partial charge >= 0.3 is 11.9 Å². The average molecular weight is 442 g/mol. The molecule has 0 atom stereocenters. The third-order valence-electron chi connectivity index (χ3n) is 4.55. The second kappa shape index (κ2) is 9.61. The van der Waals surface area contributed by atoms with Crippen molar-refractivity contribution in [2.45, 2.75) is 18.7 Å². The van der Waals surface area contributed by atoms with Gasteiger partial charge in [0.15, 0.2) is 0 Å². The van der Waals surface area contributed by atoms with Crippen molar-refractivity contribution in [3.8, 4) is 0 Å². The van der Waals surface area contributed by atoms with Gasteiger partial charge in [0, 0.05) is 0 Å². The van der Waals surface area contributed by atoms with Gasteiger partial charge in [-0.15, -0.1) is 0 Å². The summed E-state index contributed by atoms with van der Waals surface area (Å²) < 4.78 is 37.8. The summed E-state index contributed by atoms with van der Waals surface area (Å²) in [6.45, 7) is 3.20. The van der Waals surface area contributed by atoms with Crippen LogP contribution in [0.15, 0.2) is 71.6 Å². The molecule has 0 aliphatic rings. The summed E-state index contributed by atoms with van der Waals surface area (Å²) in [5, 5.41) is 1.66. The lowest BCUT2D eigenvalue weighted by Gasteiger charge is -2.24. The molecule has 0 saturated heterocycles. The molecule has 0 aliphatic heterocycles. The molecular weight excluding hydrogens is 418 g/mol. The van der Waals surface area contributed by atoms with Crippen molar-refractivity contribution in [2.75, 3.05) is 24.1 Å². The number of hydrogen-bond acceptors (Lipinski definition) is 6. The number of carbonyl (C=O) groups is 2. The number of ether oxygens (including phenoxy) is 2. The van der Waals surface area contributed by atoms with Gasteiger partial charge in [0.05, 0.1) is 29.4 Å². The third-order valence-corrected chi connectivity index (χ3v) is 6.32. The third kappa shape index (κ3) is 5.03. The Hall–Kier alpha value is -3.39. The average Bonchev–Trinajstić information content (AvgIpc) is 2.77. The van der Waals surface area contributed by atoms with Gasteiger partial charge in [0.2, 0.25) is 0 Å². The fourth-order valence-corrected chi connectivity index (χ4v) is 4.52. The summed E-state index contributed by atoms with van der Waals surface area (Å²) in [5.74, 6) is -1.19. The summed E-state index contributed by atoms with van der Waals surface area (Å²) in [5.41, 5.74) is 0.513. The van der Waals surface area contributed by atoms with Crippen LogP contribution in [0.5, 0.6) is 0 Å². The molecule has 0 fully saturated rings. The summed E-state index contributed by atoms with van der Waals surface area (Å²) in [6.07, 6.45) is 0. The van der Waals surface area contributed by atoms with E-state index in [0.29, 0.717) is 0 Å². The lowest BCUT2D eigenvalue weighted by molar-refractivity contribution is -0.141. The molecule has 31 heavy (non-hydrogen) atoms.